The molecule has 0 saturated heterocycles. The number of aromatic nitrogens is 1. The third-order valence-corrected chi connectivity index (χ3v) is 5.79. The second-order valence-electron chi connectivity index (χ2n) is 6.68. The highest BCUT2D eigenvalue weighted by molar-refractivity contribution is 7.15. The summed E-state index contributed by atoms with van der Waals surface area (Å²) in [7, 11) is 0. The number of hydrogen-bond acceptors (Lipinski definition) is 3. The fourth-order valence-electron chi connectivity index (χ4n) is 2.73. The third-order valence-electron chi connectivity index (χ3n) is 4.22. The number of benzene rings is 2. The molecule has 1 heterocycles. The quantitative estimate of drug-likeness (QED) is 0.274. The zero-order chi connectivity index (χ0) is 24.4. The van der Waals surface area contributed by atoms with Crippen LogP contribution >= 0.6 is 34.5 Å². The number of rotatable bonds is 5. The monoisotopic (exact) mass is 524 g/mol. The van der Waals surface area contributed by atoms with Crippen molar-refractivity contribution in [3.63, 3.8) is 0 Å². The van der Waals surface area contributed by atoms with Crippen molar-refractivity contribution in [1.82, 2.24) is 4.98 Å². The first-order valence-corrected chi connectivity index (χ1v) is 10.6. The van der Waals surface area contributed by atoms with Crippen LogP contribution in [0.25, 0.3) is 6.08 Å². The molecule has 3 aromatic rings. The van der Waals surface area contributed by atoms with Gasteiger partial charge in [-0.15, -0.1) is 11.3 Å². The molecule has 0 unspecified atom stereocenters. The number of carbonyl (C=O) groups excluding carboxylic acids is 1. The minimum absolute atomic E-state index is 0.116. The van der Waals surface area contributed by atoms with Crippen LogP contribution in [0.2, 0.25) is 10.0 Å². The Morgan fingerprint density at radius 3 is 2.21 bits per heavy atom. The summed E-state index contributed by atoms with van der Waals surface area (Å²) < 4.78 is 77.8. The molecule has 174 valence electrons. The van der Waals surface area contributed by atoms with Gasteiger partial charge >= 0.3 is 12.4 Å². The van der Waals surface area contributed by atoms with Crippen molar-refractivity contribution in [2.75, 3.05) is 5.32 Å². The zero-order valence-corrected chi connectivity index (χ0v) is 18.5. The fraction of sp³-hybridized carbons (Fsp3) is 0.143. The Morgan fingerprint density at radius 2 is 1.58 bits per heavy atom. The maximum Gasteiger partial charge on any atom is 0.417 e. The topological polar surface area (TPSA) is 42.0 Å². The average molecular weight is 525 g/mol. The molecule has 1 amide bonds. The van der Waals surface area contributed by atoms with Gasteiger partial charge in [-0.05, 0) is 41.5 Å². The molecule has 2 aromatic carbocycles. The number of thiazole rings is 1. The van der Waals surface area contributed by atoms with E-state index < -0.39 is 39.4 Å². The minimum atomic E-state index is -4.63. The zero-order valence-electron chi connectivity index (χ0n) is 16.2. The largest absolute Gasteiger partial charge is 0.417 e. The summed E-state index contributed by atoms with van der Waals surface area (Å²) in [6.45, 7) is 0. The van der Waals surface area contributed by atoms with E-state index in [4.69, 9.17) is 23.2 Å². The molecule has 1 aromatic heterocycles. The Kier molecular flexibility index (Phi) is 7.40. The molecule has 3 nitrogen and oxygen atoms in total. The fourth-order valence-corrected chi connectivity index (χ4v) is 4.03. The molecule has 0 radical (unpaired) electrons. The van der Waals surface area contributed by atoms with Crippen LogP contribution in [0, 0.1) is 0 Å². The molecule has 0 fully saturated rings. The standard InChI is InChI=1S/C21H12Cl2F6N2OS/c22-16-4-1-11(8-14(16)20(24,25)26)3-6-18(32)31-19-30-10-13(33-19)7-12-2-5-17(23)15(9-12)21(27,28)29/h1-6,8-10H,7H2,(H,30,31,32)/b6-3+. The lowest BCUT2D eigenvalue weighted by Crippen LogP contribution is -2.07. The first-order valence-electron chi connectivity index (χ1n) is 8.99. The van der Waals surface area contributed by atoms with E-state index in [1.165, 1.54) is 24.4 Å². The van der Waals surface area contributed by atoms with Crippen molar-refractivity contribution in [2.24, 2.45) is 0 Å². The van der Waals surface area contributed by atoms with E-state index in [1.807, 2.05) is 0 Å². The van der Waals surface area contributed by atoms with Crippen molar-refractivity contribution in [1.29, 1.82) is 0 Å². The van der Waals surface area contributed by atoms with E-state index in [-0.39, 0.29) is 17.1 Å². The first kappa shape index (κ1) is 25.1. The van der Waals surface area contributed by atoms with Gasteiger partial charge in [0.25, 0.3) is 0 Å². The number of anilines is 1. The summed E-state index contributed by atoms with van der Waals surface area (Å²) in [5.41, 5.74) is -1.49. The summed E-state index contributed by atoms with van der Waals surface area (Å²) in [6, 6.07) is 6.79. The number of alkyl halides is 6. The van der Waals surface area contributed by atoms with Crippen LogP contribution in [0.3, 0.4) is 0 Å². The van der Waals surface area contributed by atoms with Crippen LogP contribution < -0.4 is 5.32 Å². The molecular weight excluding hydrogens is 513 g/mol. The summed E-state index contributed by atoms with van der Waals surface area (Å²) >= 11 is 12.2. The smallest absolute Gasteiger partial charge is 0.298 e. The predicted molar refractivity (Wildman–Crippen MR) is 115 cm³/mol. The highest BCUT2D eigenvalue weighted by atomic mass is 35.5. The summed E-state index contributed by atoms with van der Waals surface area (Å²) in [5.74, 6) is -0.648. The highest BCUT2D eigenvalue weighted by Gasteiger charge is 2.34. The van der Waals surface area contributed by atoms with Crippen molar-refractivity contribution in [3.05, 3.63) is 85.8 Å². The number of nitrogens with one attached hydrogen (secondary N) is 1. The number of carbonyl (C=O) groups is 1. The lowest BCUT2D eigenvalue weighted by atomic mass is 10.1. The van der Waals surface area contributed by atoms with E-state index in [0.717, 1.165) is 41.7 Å². The lowest BCUT2D eigenvalue weighted by Gasteiger charge is -2.10. The van der Waals surface area contributed by atoms with Gasteiger partial charge in [-0.1, -0.05) is 35.3 Å². The van der Waals surface area contributed by atoms with Crippen LogP contribution in [-0.4, -0.2) is 10.9 Å². The average Bonchev–Trinajstić information content (AvgIpc) is 3.13. The Hall–Kier alpha value is -2.56. The van der Waals surface area contributed by atoms with E-state index in [0.29, 0.717) is 10.4 Å². The molecule has 12 heteroatoms. The van der Waals surface area contributed by atoms with Gasteiger partial charge in [-0.2, -0.15) is 26.3 Å². The molecule has 0 spiro atoms. The number of hydrogen-bond donors (Lipinski definition) is 1. The highest BCUT2D eigenvalue weighted by Crippen LogP contribution is 2.36. The van der Waals surface area contributed by atoms with Crippen molar-refractivity contribution in [3.8, 4) is 0 Å². The Balaban J connectivity index is 1.66. The summed E-state index contributed by atoms with van der Waals surface area (Å²) in [6.07, 6.45) is -5.47. The van der Waals surface area contributed by atoms with Crippen LogP contribution in [0.15, 0.2) is 48.7 Å². The lowest BCUT2D eigenvalue weighted by molar-refractivity contribution is -0.138. The Bertz CT molecular complexity index is 1200. The molecule has 33 heavy (non-hydrogen) atoms. The van der Waals surface area contributed by atoms with Gasteiger partial charge in [-0.25, -0.2) is 4.98 Å². The van der Waals surface area contributed by atoms with Crippen LogP contribution in [0.1, 0.15) is 27.1 Å². The Morgan fingerprint density at radius 1 is 0.970 bits per heavy atom. The van der Waals surface area contributed by atoms with E-state index in [9.17, 15) is 31.1 Å². The summed E-state index contributed by atoms with van der Waals surface area (Å²) in [5, 5.41) is 1.77. The number of amides is 1. The molecule has 0 aliphatic rings. The predicted octanol–water partition coefficient (Wildman–Crippen LogP) is 7.73. The molecule has 0 aliphatic heterocycles. The van der Waals surface area contributed by atoms with Gasteiger partial charge in [0.05, 0.1) is 21.2 Å². The van der Waals surface area contributed by atoms with Crippen molar-refractivity contribution < 1.29 is 31.1 Å². The van der Waals surface area contributed by atoms with Crippen LogP contribution in [0.5, 0.6) is 0 Å². The van der Waals surface area contributed by atoms with Crippen molar-refractivity contribution >= 4 is 51.7 Å². The molecule has 1 N–H and O–H groups in total. The van der Waals surface area contributed by atoms with Gasteiger partial charge in [0.2, 0.25) is 5.91 Å². The van der Waals surface area contributed by atoms with Gasteiger partial charge in [0, 0.05) is 23.6 Å². The van der Waals surface area contributed by atoms with Gasteiger partial charge in [-0.3, -0.25) is 10.1 Å². The normalized spacial score (nSPS) is 12.4. The molecule has 0 atom stereocenters. The van der Waals surface area contributed by atoms with E-state index in [2.05, 4.69) is 10.3 Å². The van der Waals surface area contributed by atoms with E-state index >= 15 is 0 Å². The van der Waals surface area contributed by atoms with Crippen molar-refractivity contribution in [2.45, 2.75) is 18.8 Å². The maximum atomic E-state index is 13.0. The molecule has 0 bridgehead atoms. The molecule has 0 aliphatic carbocycles. The first-order chi connectivity index (χ1) is 15.3. The molecule has 3 rings (SSSR count). The van der Waals surface area contributed by atoms with Gasteiger partial charge in [0.1, 0.15) is 0 Å². The number of nitrogens with zero attached hydrogens (tertiary/aromatic N) is 1. The maximum absolute atomic E-state index is 13.0. The van der Waals surface area contributed by atoms with E-state index in [1.54, 1.807) is 0 Å². The SMILES string of the molecule is O=C(/C=C/c1ccc(Cl)c(C(F)(F)F)c1)Nc1ncc(Cc2ccc(Cl)c(C(F)(F)F)c2)s1. The number of halogens is 8. The molecular formula is C21H12Cl2F6N2OS. The minimum Gasteiger partial charge on any atom is -0.298 e. The van der Waals surface area contributed by atoms with Gasteiger partial charge < -0.3 is 0 Å². The second kappa shape index (κ2) is 9.74. The molecule has 0 saturated carbocycles. The third kappa shape index (κ3) is 6.72. The van der Waals surface area contributed by atoms with Crippen LogP contribution in [0.4, 0.5) is 31.5 Å². The Labute approximate surface area is 197 Å². The summed E-state index contributed by atoms with van der Waals surface area (Å²) in [4.78, 5) is 16.6. The van der Waals surface area contributed by atoms with Gasteiger partial charge in [0.15, 0.2) is 5.13 Å². The second-order valence-corrected chi connectivity index (χ2v) is 8.61. The van der Waals surface area contributed by atoms with Crippen LogP contribution in [-0.2, 0) is 23.6 Å².